The summed E-state index contributed by atoms with van der Waals surface area (Å²) in [6.07, 6.45) is -0.0185. The molecule has 150 valence electrons. The molecule has 0 saturated carbocycles. The van der Waals surface area contributed by atoms with Crippen LogP contribution < -0.4 is 10.6 Å². The molecule has 3 N–H and O–H groups in total. The molecule has 4 rings (SSSR count). The third-order valence-corrected chi connectivity index (χ3v) is 5.89. The minimum Gasteiger partial charge on any atom is -0.481 e. The van der Waals surface area contributed by atoms with Crippen LogP contribution in [0.15, 0.2) is 35.0 Å². The fraction of sp³-hybridized carbons (Fsp3) is 0.300. The number of hydrogen-bond donors (Lipinski definition) is 3. The van der Waals surface area contributed by atoms with Gasteiger partial charge >= 0.3 is 5.97 Å². The summed E-state index contributed by atoms with van der Waals surface area (Å²) in [6, 6.07) is 5.95. The first-order chi connectivity index (χ1) is 13.9. The number of rotatable bonds is 5. The number of carboxylic acids is 1. The third kappa shape index (κ3) is 3.73. The van der Waals surface area contributed by atoms with Crippen LogP contribution in [0.4, 0.5) is 5.69 Å². The molecule has 1 fully saturated rings. The number of hydrogen-bond acceptors (Lipinski definition) is 5. The molecule has 3 amide bonds. The molecule has 0 aliphatic carbocycles. The number of carbonyl (C=O) groups is 4. The van der Waals surface area contributed by atoms with E-state index in [0.29, 0.717) is 24.2 Å². The zero-order valence-corrected chi connectivity index (χ0v) is 16.2. The smallest absolute Gasteiger partial charge is 0.303 e. The van der Waals surface area contributed by atoms with E-state index in [1.54, 1.807) is 23.5 Å². The van der Waals surface area contributed by atoms with Crippen molar-refractivity contribution in [1.82, 2.24) is 10.2 Å². The monoisotopic (exact) mass is 413 g/mol. The van der Waals surface area contributed by atoms with Crippen molar-refractivity contribution in [3.8, 4) is 11.1 Å². The molecule has 0 radical (unpaired) electrons. The van der Waals surface area contributed by atoms with Crippen molar-refractivity contribution in [2.45, 2.75) is 31.3 Å². The highest BCUT2D eigenvalue weighted by Crippen LogP contribution is 2.32. The van der Waals surface area contributed by atoms with Gasteiger partial charge in [0.05, 0.1) is 23.7 Å². The minimum atomic E-state index is -1.06. The van der Waals surface area contributed by atoms with Gasteiger partial charge in [-0.3, -0.25) is 19.2 Å². The molecule has 2 atom stereocenters. The molecule has 2 aromatic rings. The van der Waals surface area contributed by atoms with Crippen LogP contribution in [0.1, 0.15) is 29.6 Å². The van der Waals surface area contributed by atoms with Gasteiger partial charge in [0.2, 0.25) is 11.8 Å². The van der Waals surface area contributed by atoms with Gasteiger partial charge in [0, 0.05) is 13.0 Å². The standard InChI is InChI=1S/C20H19N3O5S/c24-16(3-4-17(25)26)21-15-5-7-23-18(15)19(27)22-14-2-1-11(9-13(14)20(23)28)12-6-8-29-10-12/h1-2,6,8-10,15,18H,3-5,7H2,(H,21,24)(H,22,27)(H,25,26). The maximum atomic E-state index is 13.2. The summed E-state index contributed by atoms with van der Waals surface area (Å²) < 4.78 is 0. The van der Waals surface area contributed by atoms with E-state index in [2.05, 4.69) is 10.6 Å². The van der Waals surface area contributed by atoms with Crippen LogP contribution in [-0.4, -0.2) is 52.3 Å². The fourth-order valence-corrected chi connectivity index (χ4v) is 4.46. The maximum absolute atomic E-state index is 13.2. The zero-order valence-electron chi connectivity index (χ0n) is 15.4. The largest absolute Gasteiger partial charge is 0.481 e. The Labute approximate surface area is 170 Å². The number of amides is 3. The van der Waals surface area contributed by atoms with Crippen LogP contribution in [0.3, 0.4) is 0 Å². The van der Waals surface area contributed by atoms with Gasteiger partial charge in [-0.05, 0) is 46.5 Å². The summed E-state index contributed by atoms with van der Waals surface area (Å²) in [6.45, 7) is 0.336. The number of thiophene rings is 1. The lowest BCUT2D eigenvalue weighted by atomic mass is 10.0. The maximum Gasteiger partial charge on any atom is 0.303 e. The van der Waals surface area contributed by atoms with Crippen molar-refractivity contribution in [2.24, 2.45) is 0 Å². The van der Waals surface area contributed by atoms with Gasteiger partial charge in [-0.2, -0.15) is 11.3 Å². The number of aliphatic carboxylic acids is 1. The van der Waals surface area contributed by atoms with E-state index in [4.69, 9.17) is 5.11 Å². The molecule has 2 aliphatic heterocycles. The fourth-order valence-electron chi connectivity index (χ4n) is 3.79. The average Bonchev–Trinajstić information content (AvgIpc) is 3.34. The van der Waals surface area contributed by atoms with E-state index >= 15 is 0 Å². The average molecular weight is 413 g/mol. The highest BCUT2D eigenvalue weighted by Gasteiger charge is 2.45. The van der Waals surface area contributed by atoms with Gasteiger partial charge in [-0.25, -0.2) is 0 Å². The summed E-state index contributed by atoms with van der Waals surface area (Å²) in [5, 5.41) is 18.2. The number of carbonyl (C=O) groups excluding carboxylic acids is 3. The van der Waals surface area contributed by atoms with E-state index in [9.17, 15) is 19.2 Å². The van der Waals surface area contributed by atoms with Crippen LogP contribution in [0.2, 0.25) is 0 Å². The Morgan fingerprint density at radius 1 is 1.21 bits per heavy atom. The van der Waals surface area contributed by atoms with E-state index in [-0.39, 0.29) is 24.7 Å². The molecule has 0 spiro atoms. The Hall–Kier alpha value is -3.20. The lowest BCUT2D eigenvalue weighted by Gasteiger charge is -2.24. The number of benzene rings is 1. The van der Waals surface area contributed by atoms with Gasteiger partial charge in [0.15, 0.2) is 0 Å². The molecule has 8 nitrogen and oxygen atoms in total. The van der Waals surface area contributed by atoms with Crippen LogP contribution in [0.5, 0.6) is 0 Å². The molecule has 29 heavy (non-hydrogen) atoms. The topological polar surface area (TPSA) is 116 Å². The Bertz CT molecular complexity index is 988. The highest BCUT2D eigenvalue weighted by molar-refractivity contribution is 7.08. The molecular formula is C20H19N3O5S. The first-order valence-electron chi connectivity index (χ1n) is 9.23. The Kier molecular flexibility index (Phi) is 5.06. The van der Waals surface area contributed by atoms with E-state index in [1.807, 2.05) is 22.9 Å². The SMILES string of the molecule is O=C(O)CCC(=O)NC1CCN2C(=O)c3cc(-c4ccsc4)ccc3NC(=O)C12. The summed E-state index contributed by atoms with van der Waals surface area (Å²) in [4.78, 5) is 50.2. The van der Waals surface area contributed by atoms with Gasteiger partial charge in [-0.15, -0.1) is 0 Å². The molecule has 1 aromatic heterocycles. The Morgan fingerprint density at radius 3 is 2.76 bits per heavy atom. The zero-order chi connectivity index (χ0) is 20.5. The van der Waals surface area contributed by atoms with E-state index in [0.717, 1.165) is 11.1 Å². The second-order valence-electron chi connectivity index (χ2n) is 7.06. The summed E-state index contributed by atoms with van der Waals surface area (Å²) in [5.41, 5.74) is 2.76. The van der Waals surface area contributed by atoms with Crippen LogP contribution in [0.25, 0.3) is 11.1 Å². The number of fused-ring (bicyclic) bond motifs is 2. The number of nitrogens with one attached hydrogen (secondary N) is 2. The molecule has 1 aromatic carbocycles. The minimum absolute atomic E-state index is 0.168. The molecular weight excluding hydrogens is 394 g/mol. The summed E-state index contributed by atoms with van der Waals surface area (Å²) in [5.74, 6) is -2.13. The van der Waals surface area contributed by atoms with E-state index < -0.39 is 24.0 Å². The molecule has 2 aliphatic rings. The molecule has 9 heteroatoms. The van der Waals surface area contributed by atoms with Crippen molar-refractivity contribution in [3.05, 3.63) is 40.6 Å². The summed E-state index contributed by atoms with van der Waals surface area (Å²) in [7, 11) is 0. The second-order valence-corrected chi connectivity index (χ2v) is 7.84. The van der Waals surface area contributed by atoms with Crippen molar-refractivity contribution < 1.29 is 24.3 Å². The van der Waals surface area contributed by atoms with Crippen LogP contribution in [-0.2, 0) is 14.4 Å². The number of anilines is 1. The van der Waals surface area contributed by atoms with Gasteiger partial charge in [-0.1, -0.05) is 6.07 Å². The normalized spacial score (nSPS) is 20.5. The molecule has 1 saturated heterocycles. The quantitative estimate of drug-likeness (QED) is 0.693. The van der Waals surface area contributed by atoms with Gasteiger partial charge in [0.1, 0.15) is 6.04 Å². The van der Waals surface area contributed by atoms with Crippen molar-refractivity contribution in [1.29, 1.82) is 0 Å². The second kappa shape index (κ2) is 7.67. The predicted molar refractivity (Wildman–Crippen MR) is 107 cm³/mol. The lowest BCUT2D eigenvalue weighted by molar-refractivity contribution is -0.139. The van der Waals surface area contributed by atoms with Crippen molar-refractivity contribution in [2.75, 3.05) is 11.9 Å². The summed E-state index contributed by atoms with van der Waals surface area (Å²) >= 11 is 1.56. The molecule has 2 unspecified atom stereocenters. The third-order valence-electron chi connectivity index (χ3n) is 5.20. The van der Waals surface area contributed by atoms with E-state index in [1.165, 1.54) is 4.90 Å². The Balaban J connectivity index is 1.57. The van der Waals surface area contributed by atoms with Crippen molar-refractivity contribution >= 4 is 40.7 Å². The number of nitrogens with zero attached hydrogens (tertiary/aromatic N) is 1. The lowest BCUT2D eigenvalue weighted by Crippen LogP contribution is -2.51. The Morgan fingerprint density at radius 2 is 2.03 bits per heavy atom. The van der Waals surface area contributed by atoms with Crippen molar-refractivity contribution in [3.63, 3.8) is 0 Å². The predicted octanol–water partition coefficient (Wildman–Crippen LogP) is 1.93. The number of carboxylic acid groups (broad SMARTS) is 1. The molecule has 3 heterocycles. The van der Waals surface area contributed by atoms with Crippen LogP contribution >= 0.6 is 11.3 Å². The van der Waals surface area contributed by atoms with Gasteiger partial charge < -0.3 is 20.6 Å². The first-order valence-corrected chi connectivity index (χ1v) is 10.2. The first kappa shape index (κ1) is 19.1. The van der Waals surface area contributed by atoms with Crippen LogP contribution in [0, 0.1) is 0 Å². The highest BCUT2D eigenvalue weighted by atomic mass is 32.1. The van der Waals surface area contributed by atoms with Gasteiger partial charge in [0.25, 0.3) is 5.91 Å². The molecule has 0 bridgehead atoms.